The Hall–Kier alpha value is -3.41. The smallest absolute Gasteiger partial charge is 0.248 e. The third-order valence-electron chi connectivity index (χ3n) is 7.04. The average molecular weight is 431 g/mol. The van der Waals surface area contributed by atoms with Gasteiger partial charge >= 0.3 is 0 Å². The molecule has 0 radical (unpaired) electrons. The summed E-state index contributed by atoms with van der Waals surface area (Å²) >= 11 is 0. The zero-order chi connectivity index (χ0) is 22.2. The summed E-state index contributed by atoms with van der Waals surface area (Å²) in [6, 6.07) is 15.6. The molecule has 1 saturated heterocycles. The second-order valence-electron chi connectivity index (χ2n) is 8.81. The van der Waals surface area contributed by atoms with Crippen molar-refractivity contribution in [3.63, 3.8) is 0 Å². The molecule has 2 aromatic carbocycles. The van der Waals surface area contributed by atoms with Gasteiger partial charge in [-0.05, 0) is 54.5 Å². The van der Waals surface area contributed by atoms with E-state index in [1.54, 1.807) is 31.4 Å². The highest BCUT2D eigenvalue weighted by Gasteiger charge is 2.58. The van der Waals surface area contributed by atoms with E-state index in [2.05, 4.69) is 17.5 Å². The van der Waals surface area contributed by atoms with Gasteiger partial charge in [-0.15, -0.1) is 0 Å². The van der Waals surface area contributed by atoms with E-state index in [4.69, 9.17) is 4.74 Å². The van der Waals surface area contributed by atoms with Crippen LogP contribution in [0, 0.1) is 23.7 Å². The predicted octanol–water partition coefficient (Wildman–Crippen LogP) is 3.44. The van der Waals surface area contributed by atoms with Crippen LogP contribution < -0.4 is 10.1 Å². The Morgan fingerprint density at radius 1 is 0.969 bits per heavy atom. The van der Waals surface area contributed by atoms with Gasteiger partial charge in [0.25, 0.3) is 0 Å². The number of allylic oxidation sites excluding steroid dienone is 2. The van der Waals surface area contributed by atoms with E-state index in [0.29, 0.717) is 11.4 Å². The van der Waals surface area contributed by atoms with Crippen LogP contribution in [0.5, 0.6) is 5.75 Å². The van der Waals surface area contributed by atoms with Gasteiger partial charge in [0.1, 0.15) is 11.8 Å². The number of amides is 3. The zero-order valence-electron chi connectivity index (χ0n) is 17.9. The first kappa shape index (κ1) is 20.5. The van der Waals surface area contributed by atoms with Crippen LogP contribution in [0.1, 0.15) is 18.4 Å². The highest BCUT2D eigenvalue weighted by Crippen LogP contribution is 2.50. The number of rotatable bonds is 6. The maximum absolute atomic E-state index is 13.5. The van der Waals surface area contributed by atoms with Crippen molar-refractivity contribution < 1.29 is 19.1 Å². The standard InChI is InChI=1S/C26H26N2O4/c1-32-20-13-11-19(12-14-20)27-24(29)21(15-16-5-3-2-4-6-16)28-25(30)22-17-7-8-18(10-9-17)23(22)26(28)31/h2-8,11-14,17-18,21-23H,9-10,15H2,1H3,(H,27,29). The van der Waals surface area contributed by atoms with Crippen LogP contribution in [0.15, 0.2) is 66.7 Å². The van der Waals surface area contributed by atoms with E-state index in [-0.39, 0.29) is 47.8 Å². The predicted molar refractivity (Wildman–Crippen MR) is 120 cm³/mol. The molecule has 6 nitrogen and oxygen atoms in total. The summed E-state index contributed by atoms with van der Waals surface area (Å²) in [5.74, 6) is -0.575. The molecule has 3 amide bonds. The molecule has 5 unspecified atom stereocenters. The molecule has 2 bridgehead atoms. The third kappa shape index (κ3) is 3.49. The molecule has 32 heavy (non-hydrogen) atoms. The monoisotopic (exact) mass is 430 g/mol. The summed E-state index contributed by atoms with van der Waals surface area (Å²) in [6.07, 6.45) is 6.32. The van der Waals surface area contributed by atoms with E-state index in [1.165, 1.54) is 4.90 Å². The summed E-state index contributed by atoms with van der Waals surface area (Å²) in [7, 11) is 1.58. The van der Waals surface area contributed by atoms with Gasteiger partial charge in [0.15, 0.2) is 0 Å². The molecule has 164 valence electrons. The summed E-state index contributed by atoms with van der Waals surface area (Å²) in [4.78, 5) is 41.7. The first-order valence-electron chi connectivity index (χ1n) is 11.1. The van der Waals surface area contributed by atoms with Crippen molar-refractivity contribution >= 4 is 23.4 Å². The molecule has 1 saturated carbocycles. The molecule has 6 heteroatoms. The van der Waals surface area contributed by atoms with E-state index in [9.17, 15) is 14.4 Å². The number of hydrogen-bond acceptors (Lipinski definition) is 4. The first-order valence-corrected chi connectivity index (χ1v) is 11.1. The number of hydrogen-bond donors (Lipinski definition) is 1. The largest absolute Gasteiger partial charge is 0.497 e. The molecular weight excluding hydrogens is 404 g/mol. The molecular formula is C26H26N2O4. The Morgan fingerprint density at radius 2 is 1.56 bits per heavy atom. The normalized spacial score (nSPS) is 26.7. The van der Waals surface area contributed by atoms with Gasteiger partial charge in [0.05, 0.1) is 18.9 Å². The Kier molecular flexibility index (Phi) is 5.29. The number of anilines is 1. The number of likely N-dealkylation sites (tertiary alicyclic amines) is 1. The molecule has 6 rings (SSSR count). The first-order chi connectivity index (χ1) is 15.6. The zero-order valence-corrected chi connectivity index (χ0v) is 17.9. The van der Waals surface area contributed by atoms with Crippen molar-refractivity contribution in [2.24, 2.45) is 23.7 Å². The highest BCUT2D eigenvalue weighted by atomic mass is 16.5. The van der Waals surface area contributed by atoms with Crippen LogP contribution in [-0.4, -0.2) is 35.8 Å². The van der Waals surface area contributed by atoms with E-state index in [0.717, 1.165) is 18.4 Å². The van der Waals surface area contributed by atoms with Crippen molar-refractivity contribution in [2.75, 3.05) is 12.4 Å². The molecule has 1 aliphatic heterocycles. The molecule has 5 atom stereocenters. The fraction of sp³-hybridized carbons (Fsp3) is 0.346. The molecule has 2 fully saturated rings. The maximum Gasteiger partial charge on any atom is 0.248 e. The molecule has 1 N–H and O–H groups in total. The minimum atomic E-state index is -0.899. The Labute approximate surface area is 187 Å². The number of nitrogens with zero attached hydrogens (tertiary/aromatic N) is 1. The Balaban J connectivity index is 1.45. The fourth-order valence-electron chi connectivity index (χ4n) is 5.44. The number of ether oxygens (including phenoxy) is 1. The van der Waals surface area contributed by atoms with Gasteiger partial charge in [-0.25, -0.2) is 0 Å². The van der Waals surface area contributed by atoms with Crippen molar-refractivity contribution in [1.82, 2.24) is 4.90 Å². The van der Waals surface area contributed by atoms with Gasteiger partial charge in [0, 0.05) is 12.1 Å². The maximum atomic E-state index is 13.5. The quantitative estimate of drug-likeness (QED) is 0.563. The topological polar surface area (TPSA) is 75.7 Å². The van der Waals surface area contributed by atoms with Crippen LogP contribution in [0.3, 0.4) is 0 Å². The number of methoxy groups -OCH3 is 1. The number of imide groups is 1. The average Bonchev–Trinajstić information content (AvgIpc) is 3.11. The summed E-state index contributed by atoms with van der Waals surface area (Å²) in [5.41, 5.74) is 1.49. The molecule has 3 aliphatic carbocycles. The van der Waals surface area contributed by atoms with Crippen LogP contribution in [0.4, 0.5) is 5.69 Å². The summed E-state index contributed by atoms with van der Waals surface area (Å²) in [5, 5.41) is 2.89. The minimum absolute atomic E-state index is 0.0912. The minimum Gasteiger partial charge on any atom is -0.497 e. The summed E-state index contributed by atoms with van der Waals surface area (Å²) < 4.78 is 5.17. The summed E-state index contributed by atoms with van der Waals surface area (Å²) in [6.45, 7) is 0. The highest BCUT2D eigenvalue weighted by molar-refractivity contribution is 6.10. The Bertz CT molecular complexity index is 1030. The molecule has 2 aromatic rings. The van der Waals surface area contributed by atoms with Crippen molar-refractivity contribution in [3.05, 3.63) is 72.3 Å². The van der Waals surface area contributed by atoms with Crippen LogP contribution in [0.2, 0.25) is 0 Å². The van der Waals surface area contributed by atoms with Gasteiger partial charge in [0.2, 0.25) is 17.7 Å². The lowest BCUT2D eigenvalue weighted by Crippen LogP contribution is -2.49. The number of benzene rings is 2. The van der Waals surface area contributed by atoms with Gasteiger partial charge in [-0.3, -0.25) is 19.3 Å². The second kappa shape index (κ2) is 8.26. The molecule has 1 heterocycles. The van der Waals surface area contributed by atoms with E-state index in [1.807, 2.05) is 30.3 Å². The van der Waals surface area contributed by atoms with Gasteiger partial charge < -0.3 is 10.1 Å². The second-order valence-corrected chi connectivity index (χ2v) is 8.81. The number of fused-ring (bicyclic) bond motifs is 1. The Morgan fingerprint density at radius 3 is 2.09 bits per heavy atom. The lowest BCUT2D eigenvalue weighted by atomic mass is 9.63. The van der Waals surface area contributed by atoms with Crippen LogP contribution in [-0.2, 0) is 20.8 Å². The third-order valence-corrected chi connectivity index (χ3v) is 7.04. The van der Waals surface area contributed by atoms with Gasteiger partial charge in [-0.1, -0.05) is 42.5 Å². The van der Waals surface area contributed by atoms with E-state index < -0.39 is 6.04 Å². The van der Waals surface area contributed by atoms with Crippen LogP contribution >= 0.6 is 0 Å². The molecule has 0 aromatic heterocycles. The SMILES string of the molecule is COc1ccc(NC(=O)C(Cc2ccccc2)N2C(=O)C3C4C=CC(CC4)C3C2=O)cc1. The lowest BCUT2D eigenvalue weighted by molar-refractivity contribution is -0.146. The van der Waals surface area contributed by atoms with Crippen molar-refractivity contribution in [2.45, 2.75) is 25.3 Å². The van der Waals surface area contributed by atoms with E-state index >= 15 is 0 Å². The number of nitrogens with one attached hydrogen (secondary N) is 1. The lowest BCUT2D eigenvalue weighted by Gasteiger charge is -2.38. The molecule has 0 spiro atoms. The number of carbonyl (C=O) groups is 3. The van der Waals surface area contributed by atoms with Crippen molar-refractivity contribution in [3.8, 4) is 5.75 Å². The van der Waals surface area contributed by atoms with Crippen molar-refractivity contribution in [1.29, 1.82) is 0 Å². The number of carbonyl (C=O) groups excluding carboxylic acids is 3. The molecule has 4 aliphatic rings. The fourth-order valence-corrected chi connectivity index (χ4v) is 5.44. The van der Waals surface area contributed by atoms with Crippen LogP contribution in [0.25, 0.3) is 0 Å². The van der Waals surface area contributed by atoms with Gasteiger partial charge in [-0.2, -0.15) is 0 Å².